The van der Waals surface area contributed by atoms with Crippen molar-refractivity contribution in [2.24, 2.45) is 0 Å². The number of carboxylic acid groups (broad SMARTS) is 1. The van der Waals surface area contributed by atoms with Crippen LogP contribution in [0.3, 0.4) is 0 Å². The van der Waals surface area contributed by atoms with Gasteiger partial charge in [-0.2, -0.15) is 0 Å². The van der Waals surface area contributed by atoms with Crippen LogP contribution >= 0.6 is 11.3 Å². The zero-order valence-electron chi connectivity index (χ0n) is 13.5. The van der Waals surface area contributed by atoms with Crippen LogP contribution in [0.4, 0.5) is 17.1 Å². The van der Waals surface area contributed by atoms with Crippen LogP contribution in [0.1, 0.15) is 36.0 Å². The topological polar surface area (TPSA) is 87.1 Å². The minimum Gasteiger partial charge on any atom is -0.478 e. The fraction of sp³-hybridized carbons (Fsp3) is 0.278. The second kappa shape index (κ2) is 6.68. The summed E-state index contributed by atoms with van der Waals surface area (Å²) in [6.45, 7) is 0. The molecule has 1 aliphatic carbocycles. The fourth-order valence-electron chi connectivity index (χ4n) is 3.24. The van der Waals surface area contributed by atoms with Crippen molar-refractivity contribution in [3.63, 3.8) is 0 Å². The number of rotatable bonds is 5. The van der Waals surface area contributed by atoms with E-state index in [9.17, 15) is 9.90 Å². The number of nitrogens with one attached hydrogen (secondary N) is 2. The number of aromatic carboxylic acids is 1. The summed E-state index contributed by atoms with van der Waals surface area (Å²) in [4.78, 5) is 20.0. The third-order valence-electron chi connectivity index (χ3n) is 4.49. The maximum absolute atomic E-state index is 11.6. The van der Waals surface area contributed by atoms with E-state index in [2.05, 4.69) is 20.6 Å². The Morgan fingerprint density at radius 1 is 1.24 bits per heavy atom. The van der Waals surface area contributed by atoms with E-state index >= 15 is 0 Å². The number of hydrogen-bond acceptors (Lipinski definition) is 6. The van der Waals surface area contributed by atoms with Gasteiger partial charge in [0.15, 0.2) is 0 Å². The zero-order valence-corrected chi connectivity index (χ0v) is 14.3. The Kier molecular flexibility index (Phi) is 4.23. The maximum atomic E-state index is 11.6. The molecule has 0 radical (unpaired) electrons. The highest BCUT2D eigenvalue weighted by molar-refractivity contribution is 7.16. The molecule has 4 rings (SSSR count). The molecule has 0 amide bonds. The van der Waals surface area contributed by atoms with E-state index in [0.29, 0.717) is 17.4 Å². The molecule has 2 heterocycles. The molecule has 2 aromatic heterocycles. The van der Waals surface area contributed by atoms with Crippen molar-refractivity contribution in [1.82, 2.24) is 9.97 Å². The summed E-state index contributed by atoms with van der Waals surface area (Å²) in [6.07, 6.45) is 7.55. The van der Waals surface area contributed by atoms with Gasteiger partial charge in [0.1, 0.15) is 5.56 Å². The number of hydrogen-bond donors (Lipinski definition) is 3. The predicted octanol–water partition coefficient (Wildman–Crippen LogP) is 4.49. The van der Waals surface area contributed by atoms with Crippen molar-refractivity contribution in [1.29, 1.82) is 0 Å². The lowest BCUT2D eigenvalue weighted by atomic mass is 10.1. The van der Waals surface area contributed by atoms with Crippen molar-refractivity contribution in [2.45, 2.75) is 31.7 Å². The molecule has 25 heavy (non-hydrogen) atoms. The molecule has 0 unspecified atom stereocenters. The highest BCUT2D eigenvalue weighted by Gasteiger charge is 2.21. The molecule has 0 aliphatic heterocycles. The molecular formula is C18H18N4O2S. The van der Waals surface area contributed by atoms with Gasteiger partial charge in [-0.05, 0) is 31.0 Å². The third kappa shape index (κ3) is 3.28. The second-order valence-corrected chi connectivity index (χ2v) is 7.09. The van der Waals surface area contributed by atoms with Gasteiger partial charge < -0.3 is 15.7 Å². The van der Waals surface area contributed by atoms with Gasteiger partial charge in [0.05, 0.1) is 33.3 Å². The molecule has 1 aliphatic rings. The Labute approximate surface area is 148 Å². The lowest BCUT2D eigenvalue weighted by molar-refractivity contribution is 0.0697. The smallest absolute Gasteiger partial charge is 0.339 e. The van der Waals surface area contributed by atoms with Crippen LogP contribution in [0, 0.1) is 0 Å². The van der Waals surface area contributed by atoms with Crippen LogP contribution in [0.5, 0.6) is 0 Å². The van der Waals surface area contributed by atoms with Gasteiger partial charge in [-0.3, -0.25) is 4.98 Å². The summed E-state index contributed by atoms with van der Waals surface area (Å²) in [7, 11) is 0. The van der Waals surface area contributed by atoms with Gasteiger partial charge in [0, 0.05) is 17.9 Å². The minimum absolute atomic E-state index is 0.191. The molecule has 7 heteroatoms. The van der Waals surface area contributed by atoms with E-state index in [4.69, 9.17) is 0 Å². The van der Waals surface area contributed by atoms with Gasteiger partial charge in [0.25, 0.3) is 0 Å². The van der Waals surface area contributed by atoms with Crippen molar-refractivity contribution in [3.8, 4) is 0 Å². The number of carboxylic acids is 1. The first-order chi connectivity index (χ1) is 12.2. The summed E-state index contributed by atoms with van der Waals surface area (Å²) in [5, 5.41) is 16.3. The van der Waals surface area contributed by atoms with Crippen LogP contribution in [0.15, 0.2) is 36.1 Å². The molecule has 0 spiro atoms. The molecule has 1 saturated carbocycles. The molecule has 1 aromatic carbocycles. The van der Waals surface area contributed by atoms with E-state index in [1.807, 2.05) is 23.7 Å². The van der Waals surface area contributed by atoms with E-state index < -0.39 is 5.97 Å². The Bertz CT molecular complexity index is 918. The summed E-state index contributed by atoms with van der Waals surface area (Å²) in [5.74, 6) is -0.977. The lowest BCUT2D eigenvalue weighted by Crippen LogP contribution is -2.18. The minimum atomic E-state index is -0.977. The van der Waals surface area contributed by atoms with Crippen LogP contribution in [-0.2, 0) is 0 Å². The second-order valence-electron chi connectivity index (χ2n) is 6.20. The molecule has 128 valence electrons. The van der Waals surface area contributed by atoms with E-state index in [1.165, 1.54) is 19.0 Å². The molecule has 6 nitrogen and oxygen atoms in total. The first-order valence-electron chi connectivity index (χ1n) is 8.29. The van der Waals surface area contributed by atoms with Crippen LogP contribution in [0.25, 0.3) is 10.2 Å². The molecule has 1 fully saturated rings. The van der Waals surface area contributed by atoms with E-state index in [0.717, 1.165) is 28.7 Å². The lowest BCUT2D eigenvalue weighted by Gasteiger charge is -2.19. The third-order valence-corrected chi connectivity index (χ3v) is 5.28. The van der Waals surface area contributed by atoms with Gasteiger partial charge in [-0.1, -0.05) is 12.8 Å². The van der Waals surface area contributed by atoms with Gasteiger partial charge in [-0.25, -0.2) is 9.78 Å². The Hall–Kier alpha value is -2.67. The molecule has 0 atom stereocenters. The van der Waals surface area contributed by atoms with E-state index in [-0.39, 0.29) is 5.56 Å². The quantitative estimate of drug-likeness (QED) is 0.626. The van der Waals surface area contributed by atoms with Gasteiger partial charge in [-0.15, -0.1) is 11.3 Å². The number of thiazole rings is 1. The average Bonchev–Trinajstić information content (AvgIpc) is 3.27. The number of benzene rings is 1. The van der Waals surface area contributed by atoms with Crippen LogP contribution < -0.4 is 10.6 Å². The number of pyridine rings is 1. The Morgan fingerprint density at radius 3 is 2.88 bits per heavy atom. The highest BCUT2D eigenvalue weighted by atomic mass is 32.1. The SMILES string of the molecule is O=C(O)c1cncc(Nc2ccc3ncsc3c2)c1NC1CCCC1. The molecule has 0 saturated heterocycles. The normalized spacial score (nSPS) is 14.7. The van der Waals surface area contributed by atoms with Gasteiger partial charge in [0.2, 0.25) is 0 Å². The number of carbonyl (C=O) groups is 1. The Balaban J connectivity index is 1.69. The first kappa shape index (κ1) is 15.8. The van der Waals surface area contributed by atoms with Gasteiger partial charge >= 0.3 is 5.97 Å². The number of nitrogens with zero attached hydrogens (tertiary/aromatic N) is 2. The molecular weight excluding hydrogens is 336 g/mol. The van der Waals surface area contributed by atoms with Crippen molar-refractivity contribution < 1.29 is 9.90 Å². The van der Waals surface area contributed by atoms with Crippen molar-refractivity contribution >= 4 is 44.6 Å². The number of fused-ring (bicyclic) bond motifs is 1. The fourth-order valence-corrected chi connectivity index (χ4v) is 3.95. The largest absolute Gasteiger partial charge is 0.478 e. The monoisotopic (exact) mass is 354 g/mol. The summed E-state index contributed by atoms with van der Waals surface area (Å²) < 4.78 is 1.08. The molecule has 0 bridgehead atoms. The zero-order chi connectivity index (χ0) is 17.2. The first-order valence-corrected chi connectivity index (χ1v) is 9.17. The van der Waals surface area contributed by atoms with E-state index in [1.54, 1.807) is 17.5 Å². The van der Waals surface area contributed by atoms with Crippen molar-refractivity contribution in [2.75, 3.05) is 10.6 Å². The molecule has 3 N–H and O–H groups in total. The predicted molar refractivity (Wildman–Crippen MR) is 100.0 cm³/mol. The number of anilines is 3. The maximum Gasteiger partial charge on any atom is 0.339 e. The highest BCUT2D eigenvalue weighted by Crippen LogP contribution is 2.33. The summed E-state index contributed by atoms with van der Waals surface area (Å²) in [5.41, 5.74) is 5.13. The van der Waals surface area contributed by atoms with Crippen LogP contribution in [0.2, 0.25) is 0 Å². The Morgan fingerprint density at radius 2 is 2.08 bits per heavy atom. The standard InChI is InChI=1S/C18H18N4O2S/c23-18(24)13-8-19-9-15(17(13)22-11-3-1-2-4-11)21-12-5-6-14-16(7-12)25-10-20-14/h5-11,21H,1-4H2,(H,19,22)(H,23,24). The van der Waals surface area contributed by atoms with Crippen LogP contribution in [-0.4, -0.2) is 27.1 Å². The average molecular weight is 354 g/mol. The number of aromatic nitrogens is 2. The summed E-state index contributed by atoms with van der Waals surface area (Å²) in [6, 6.07) is 6.21. The molecule has 3 aromatic rings. The summed E-state index contributed by atoms with van der Waals surface area (Å²) >= 11 is 1.57. The van der Waals surface area contributed by atoms with Crippen molar-refractivity contribution in [3.05, 3.63) is 41.7 Å².